The number of nitrogens with zero attached hydrogens (tertiary/aromatic N) is 1. The van der Waals surface area contributed by atoms with Crippen LogP contribution in [0.5, 0.6) is 0 Å². The van der Waals surface area contributed by atoms with Crippen molar-refractivity contribution in [1.29, 1.82) is 0 Å². The number of benzene rings is 1. The van der Waals surface area contributed by atoms with Crippen LogP contribution in [0.4, 0.5) is 8.78 Å². The first-order chi connectivity index (χ1) is 10.5. The molecule has 0 aliphatic carbocycles. The first kappa shape index (κ1) is 19.8. The summed E-state index contributed by atoms with van der Waals surface area (Å²) in [5, 5.41) is 2.80. The van der Waals surface area contributed by atoms with E-state index in [4.69, 9.17) is 5.73 Å². The van der Waals surface area contributed by atoms with Crippen LogP contribution in [0.15, 0.2) is 18.2 Å². The Labute approximate surface area is 141 Å². The molecule has 0 aromatic heterocycles. The van der Waals surface area contributed by atoms with Crippen molar-refractivity contribution in [3.8, 4) is 0 Å². The lowest BCUT2D eigenvalue weighted by atomic mass is 10.1. The number of rotatable bonds is 5. The molecular weight excluding hydrogens is 324 g/mol. The Morgan fingerprint density at radius 3 is 2.48 bits per heavy atom. The summed E-state index contributed by atoms with van der Waals surface area (Å²) >= 11 is 0. The Balaban J connectivity index is 0.00000264. The summed E-state index contributed by atoms with van der Waals surface area (Å²) in [5.74, 6) is -1.28. The second kappa shape index (κ2) is 9.15. The third-order valence-electron chi connectivity index (χ3n) is 3.98. The van der Waals surface area contributed by atoms with Gasteiger partial charge in [-0.2, -0.15) is 0 Å². The molecule has 1 saturated heterocycles. The quantitative estimate of drug-likeness (QED) is 0.854. The lowest BCUT2D eigenvalue weighted by Crippen LogP contribution is -2.46. The van der Waals surface area contributed by atoms with Crippen LogP contribution in [0.3, 0.4) is 0 Å². The number of carbonyl (C=O) groups is 1. The van der Waals surface area contributed by atoms with Gasteiger partial charge < -0.3 is 11.1 Å². The highest BCUT2D eigenvalue weighted by atomic mass is 35.5. The Kier molecular flexibility index (Phi) is 7.88. The van der Waals surface area contributed by atoms with Gasteiger partial charge in [0.05, 0.1) is 6.54 Å². The zero-order chi connectivity index (χ0) is 16.1. The molecule has 0 radical (unpaired) electrons. The standard InChI is InChI=1S/C16H23F2N3O.ClH/c1-11(9-13-14(17)3-2-4-15(13)18)20-16(22)10-21-7-5-12(19)6-8-21;/h2-4,11-12H,5-10,19H2,1H3,(H,20,22);1H. The van der Waals surface area contributed by atoms with Crippen molar-refractivity contribution in [2.24, 2.45) is 5.73 Å². The van der Waals surface area contributed by atoms with E-state index in [0.717, 1.165) is 25.9 Å². The summed E-state index contributed by atoms with van der Waals surface area (Å²) in [7, 11) is 0. The van der Waals surface area contributed by atoms with E-state index in [-0.39, 0.29) is 42.4 Å². The number of nitrogens with two attached hydrogens (primary N) is 1. The van der Waals surface area contributed by atoms with Crippen LogP contribution in [0.2, 0.25) is 0 Å². The summed E-state index contributed by atoms with van der Waals surface area (Å²) in [6.07, 6.45) is 1.92. The number of carbonyl (C=O) groups excluding carboxylic acids is 1. The van der Waals surface area contributed by atoms with Gasteiger partial charge in [0, 0.05) is 30.7 Å². The van der Waals surface area contributed by atoms with Crippen molar-refractivity contribution in [3.63, 3.8) is 0 Å². The predicted octanol–water partition coefficient (Wildman–Crippen LogP) is 1.86. The molecular formula is C16H24ClF2N3O. The van der Waals surface area contributed by atoms with Gasteiger partial charge in [0.25, 0.3) is 0 Å². The summed E-state index contributed by atoms with van der Waals surface area (Å²) in [6, 6.07) is 3.68. The molecule has 1 aliphatic rings. The van der Waals surface area contributed by atoms with Gasteiger partial charge >= 0.3 is 0 Å². The van der Waals surface area contributed by atoms with Crippen molar-refractivity contribution < 1.29 is 13.6 Å². The maximum absolute atomic E-state index is 13.6. The fourth-order valence-electron chi connectivity index (χ4n) is 2.72. The molecule has 4 nitrogen and oxygen atoms in total. The molecule has 0 spiro atoms. The highest BCUT2D eigenvalue weighted by molar-refractivity contribution is 5.85. The van der Waals surface area contributed by atoms with Crippen LogP contribution in [0.1, 0.15) is 25.3 Å². The van der Waals surface area contributed by atoms with E-state index in [9.17, 15) is 13.6 Å². The number of halogens is 3. The molecule has 1 aromatic rings. The largest absolute Gasteiger partial charge is 0.352 e. The molecule has 2 rings (SSSR count). The van der Waals surface area contributed by atoms with Gasteiger partial charge in [-0.05, 0) is 38.3 Å². The van der Waals surface area contributed by atoms with E-state index in [1.165, 1.54) is 18.2 Å². The third-order valence-corrected chi connectivity index (χ3v) is 3.98. The highest BCUT2D eigenvalue weighted by Crippen LogP contribution is 2.14. The van der Waals surface area contributed by atoms with Crippen molar-refractivity contribution in [3.05, 3.63) is 35.4 Å². The number of piperidine rings is 1. The Bertz CT molecular complexity index is 502. The number of hydrogen-bond donors (Lipinski definition) is 2. The molecule has 1 aromatic carbocycles. The topological polar surface area (TPSA) is 58.4 Å². The summed E-state index contributed by atoms with van der Waals surface area (Å²) in [6.45, 7) is 3.67. The molecule has 130 valence electrons. The molecule has 1 atom stereocenters. The predicted molar refractivity (Wildman–Crippen MR) is 88.6 cm³/mol. The SMILES string of the molecule is CC(Cc1c(F)cccc1F)NC(=O)CN1CCC(N)CC1.Cl. The van der Waals surface area contributed by atoms with Crippen LogP contribution >= 0.6 is 12.4 Å². The van der Waals surface area contributed by atoms with E-state index >= 15 is 0 Å². The molecule has 7 heteroatoms. The molecule has 23 heavy (non-hydrogen) atoms. The van der Waals surface area contributed by atoms with E-state index in [2.05, 4.69) is 10.2 Å². The van der Waals surface area contributed by atoms with Crippen LogP contribution in [0.25, 0.3) is 0 Å². The third kappa shape index (κ3) is 6.05. The lowest BCUT2D eigenvalue weighted by Gasteiger charge is -2.29. The molecule has 0 saturated carbocycles. The number of nitrogens with one attached hydrogen (secondary N) is 1. The van der Waals surface area contributed by atoms with E-state index < -0.39 is 11.6 Å². The molecule has 3 N–H and O–H groups in total. The van der Waals surface area contributed by atoms with Crippen molar-refractivity contribution in [2.45, 2.75) is 38.3 Å². The Morgan fingerprint density at radius 2 is 1.91 bits per heavy atom. The fourth-order valence-corrected chi connectivity index (χ4v) is 2.72. The zero-order valence-electron chi connectivity index (χ0n) is 13.2. The van der Waals surface area contributed by atoms with Crippen LogP contribution in [-0.4, -0.2) is 42.5 Å². The molecule has 1 heterocycles. The number of likely N-dealkylation sites (tertiary alicyclic amines) is 1. The van der Waals surface area contributed by atoms with Gasteiger partial charge in [0.2, 0.25) is 5.91 Å². The number of hydrogen-bond acceptors (Lipinski definition) is 3. The normalized spacial score (nSPS) is 17.4. The average Bonchev–Trinajstić information content (AvgIpc) is 2.45. The van der Waals surface area contributed by atoms with Gasteiger partial charge in [-0.1, -0.05) is 6.07 Å². The minimum atomic E-state index is -0.578. The second-order valence-electron chi connectivity index (χ2n) is 5.99. The molecule has 1 aliphatic heterocycles. The lowest BCUT2D eigenvalue weighted by molar-refractivity contribution is -0.123. The van der Waals surface area contributed by atoms with Crippen LogP contribution in [-0.2, 0) is 11.2 Å². The van der Waals surface area contributed by atoms with Crippen molar-refractivity contribution >= 4 is 18.3 Å². The maximum atomic E-state index is 13.6. The second-order valence-corrected chi connectivity index (χ2v) is 5.99. The van der Waals surface area contributed by atoms with Gasteiger partial charge in [-0.3, -0.25) is 9.69 Å². The first-order valence-electron chi connectivity index (χ1n) is 7.66. The average molecular weight is 348 g/mol. The smallest absolute Gasteiger partial charge is 0.234 e. The monoisotopic (exact) mass is 347 g/mol. The van der Waals surface area contributed by atoms with Gasteiger partial charge in [0.15, 0.2) is 0 Å². The Hall–Kier alpha value is -1.24. The fraction of sp³-hybridized carbons (Fsp3) is 0.562. The Morgan fingerprint density at radius 1 is 1.35 bits per heavy atom. The van der Waals surface area contributed by atoms with Crippen LogP contribution in [0, 0.1) is 11.6 Å². The minimum absolute atomic E-state index is 0. The highest BCUT2D eigenvalue weighted by Gasteiger charge is 2.19. The summed E-state index contributed by atoms with van der Waals surface area (Å²) in [4.78, 5) is 14.0. The van der Waals surface area contributed by atoms with E-state index in [0.29, 0.717) is 6.54 Å². The summed E-state index contributed by atoms with van der Waals surface area (Å²) < 4.78 is 27.2. The molecule has 1 amide bonds. The minimum Gasteiger partial charge on any atom is -0.352 e. The van der Waals surface area contributed by atoms with Gasteiger partial charge in [-0.25, -0.2) is 8.78 Å². The van der Waals surface area contributed by atoms with Gasteiger partial charge in [0.1, 0.15) is 11.6 Å². The first-order valence-corrected chi connectivity index (χ1v) is 7.66. The van der Waals surface area contributed by atoms with Crippen molar-refractivity contribution in [2.75, 3.05) is 19.6 Å². The molecule has 0 bridgehead atoms. The van der Waals surface area contributed by atoms with Crippen LogP contribution < -0.4 is 11.1 Å². The molecule has 1 unspecified atom stereocenters. The van der Waals surface area contributed by atoms with Crippen molar-refractivity contribution in [1.82, 2.24) is 10.2 Å². The van der Waals surface area contributed by atoms with E-state index in [1.807, 2.05) is 0 Å². The summed E-state index contributed by atoms with van der Waals surface area (Å²) in [5.41, 5.74) is 5.84. The zero-order valence-corrected chi connectivity index (χ0v) is 14.0. The maximum Gasteiger partial charge on any atom is 0.234 e. The van der Waals surface area contributed by atoms with E-state index in [1.54, 1.807) is 6.92 Å². The van der Waals surface area contributed by atoms with Gasteiger partial charge in [-0.15, -0.1) is 12.4 Å². The molecule has 1 fully saturated rings. The number of amides is 1.